The summed E-state index contributed by atoms with van der Waals surface area (Å²) in [6.45, 7) is 5.75. The summed E-state index contributed by atoms with van der Waals surface area (Å²) in [5, 5.41) is 12.1. The highest BCUT2D eigenvalue weighted by atomic mass is 16.6. The minimum absolute atomic E-state index is 0.0328. The van der Waals surface area contributed by atoms with Crippen LogP contribution >= 0.6 is 0 Å². The monoisotopic (exact) mass is 293 g/mol. The first kappa shape index (κ1) is 15.6. The lowest BCUT2D eigenvalue weighted by Crippen LogP contribution is -2.55. The van der Waals surface area contributed by atoms with Gasteiger partial charge >= 0.3 is 0 Å². The van der Waals surface area contributed by atoms with Gasteiger partial charge < -0.3 is 19.9 Å². The van der Waals surface area contributed by atoms with Crippen LogP contribution in [-0.4, -0.2) is 35.4 Å². The van der Waals surface area contributed by atoms with Crippen LogP contribution in [0.1, 0.15) is 33.6 Å². The number of fused-ring (bicyclic) bond motifs is 1. The maximum absolute atomic E-state index is 12.5. The van der Waals surface area contributed by atoms with E-state index in [9.17, 15) is 4.79 Å². The molecule has 1 heterocycles. The van der Waals surface area contributed by atoms with E-state index in [-0.39, 0.29) is 18.6 Å². The van der Waals surface area contributed by atoms with Gasteiger partial charge in [-0.25, -0.2) is 0 Å². The Bertz CT molecular complexity index is 505. The van der Waals surface area contributed by atoms with Crippen molar-refractivity contribution in [2.24, 2.45) is 0 Å². The number of aliphatic hydroxyl groups is 1. The first-order chi connectivity index (χ1) is 9.99. The Balaban J connectivity index is 2.10. The number of para-hydroxylation sites is 2. The summed E-state index contributed by atoms with van der Waals surface area (Å²) in [5.41, 5.74) is -0.439. The molecule has 1 aliphatic heterocycles. The van der Waals surface area contributed by atoms with E-state index in [1.807, 2.05) is 39.0 Å². The summed E-state index contributed by atoms with van der Waals surface area (Å²) < 4.78 is 11.5. The summed E-state index contributed by atoms with van der Waals surface area (Å²) >= 11 is 0. The molecule has 0 aromatic heterocycles. The topological polar surface area (TPSA) is 67.8 Å². The molecule has 2 N–H and O–H groups in total. The molecule has 2 rings (SSSR count). The molecule has 3 atom stereocenters. The van der Waals surface area contributed by atoms with Gasteiger partial charge in [0.2, 0.25) is 6.10 Å². The molecular formula is C16H23NO4. The summed E-state index contributed by atoms with van der Waals surface area (Å²) in [6, 6.07) is 7.32. The number of nitrogens with one attached hydrogen (secondary N) is 1. The highest BCUT2D eigenvalue weighted by Gasteiger charge is 2.36. The molecule has 3 unspecified atom stereocenters. The number of carbonyl (C=O) groups is 1. The van der Waals surface area contributed by atoms with Crippen LogP contribution in [0.3, 0.4) is 0 Å². The van der Waals surface area contributed by atoms with Gasteiger partial charge in [0.1, 0.15) is 6.10 Å². The van der Waals surface area contributed by atoms with Crippen LogP contribution in [0, 0.1) is 0 Å². The third-order valence-corrected chi connectivity index (χ3v) is 3.97. The summed E-state index contributed by atoms with van der Waals surface area (Å²) in [4.78, 5) is 12.5. The van der Waals surface area contributed by atoms with Gasteiger partial charge in [-0.15, -0.1) is 0 Å². The lowest BCUT2D eigenvalue weighted by atomic mass is 9.94. The Labute approximate surface area is 125 Å². The first-order valence-electron chi connectivity index (χ1n) is 7.34. The number of benzene rings is 1. The predicted molar refractivity (Wildman–Crippen MR) is 79.5 cm³/mol. The molecule has 5 nitrogen and oxygen atoms in total. The van der Waals surface area contributed by atoms with E-state index in [1.165, 1.54) is 0 Å². The van der Waals surface area contributed by atoms with Gasteiger partial charge in [-0.1, -0.05) is 19.1 Å². The minimum Gasteiger partial charge on any atom is -0.482 e. The zero-order chi connectivity index (χ0) is 15.5. The maximum atomic E-state index is 12.5. The number of carbonyl (C=O) groups excluding carboxylic acids is 1. The molecule has 0 spiro atoms. The third-order valence-electron chi connectivity index (χ3n) is 3.97. The lowest BCUT2D eigenvalue weighted by molar-refractivity contribution is -0.135. The van der Waals surface area contributed by atoms with Crippen molar-refractivity contribution in [1.82, 2.24) is 5.32 Å². The Morgan fingerprint density at radius 2 is 1.95 bits per heavy atom. The fourth-order valence-electron chi connectivity index (χ4n) is 2.35. The van der Waals surface area contributed by atoms with Crippen LogP contribution in [0.15, 0.2) is 24.3 Å². The molecule has 21 heavy (non-hydrogen) atoms. The molecule has 1 aromatic carbocycles. The van der Waals surface area contributed by atoms with Crippen LogP contribution < -0.4 is 14.8 Å². The van der Waals surface area contributed by atoms with E-state index in [0.717, 1.165) is 6.42 Å². The van der Waals surface area contributed by atoms with Crippen LogP contribution in [0.25, 0.3) is 0 Å². The van der Waals surface area contributed by atoms with Gasteiger partial charge in [-0.2, -0.15) is 0 Å². The van der Waals surface area contributed by atoms with Crippen LogP contribution in [0.4, 0.5) is 0 Å². The fourth-order valence-corrected chi connectivity index (χ4v) is 2.35. The van der Waals surface area contributed by atoms with Gasteiger partial charge in [0.25, 0.3) is 5.91 Å². The number of ether oxygens (including phenoxy) is 2. The van der Waals surface area contributed by atoms with E-state index in [2.05, 4.69) is 5.32 Å². The highest BCUT2D eigenvalue weighted by molar-refractivity contribution is 5.83. The van der Waals surface area contributed by atoms with Crippen LogP contribution in [-0.2, 0) is 4.79 Å². The molecule has 116 valence electrons. The molecule has 1 aliphatic rings. The average molecular weight is 293 g/mol. The zero-order valence-corrected chi connectivity index (χ0v) is 12.8. The second-order valence-electron chi connectivity index (χ2n) is 5.69. The highest BCUT2D eigenvalue weighted by Crippen LogP contribution is 2.33. The summed E-state index contributed by atoms with van der Waals surface area (Å²) in [6.07, 6.45) is 0.186. The van der Waals surface area contributed by atoms with Crippen molar-refractivity contribution in [3.63, 3.8) is 0 Å². The molecule has 0 saturated carbocycles. The van der Waals surface area contributed by atoms with Crippen molar-refractivity contribution < 1.29 is 19.4 Å². The number of hydrogen-bond donors (Lipinski definition) is 2. The molecule has 0 aliphatic carbocycles. The standard InChI is InChI=1S/C16H23NO4/c1-4-16(3,9-10-18)17-15(19)14-11(2)20-12-7-5-6-8-13(12)21-14/h5-8,11,14,18H,4,9-10H2,1-3H3,(H,17,19). The maximum Gasteiger partial charge on any atom is 0.265 e. The quantitative estimate of drug-likeness (QED) is 0.870. The van der Waals surface area contributed by atoms with E-state index in [0.29, 0.717) is 17.9 Å². The molecule has 0 fully saturated rings. The smallest absolute Gasteiger partial charge is 0.265 e. The van der Waals surface area contributed by atoms with E-state index >= 15 is 0 Å². The predicted octanol–water partition coefficient (Wildman–Crippen LogP) is 1.88. The van der Waals surface area contributed by atoms with Crippen molar-refractivity contribution in [2.45, 2.75) is 51.4 Å². The number of amides is 1. The van der Waals surface area contributed by atoms with Crippen molar-refractivity contribution in [2.75, 3.05) is 6.61 Å². The number of rotatable bonds is 5. The van der Waals surface area contributed by atoms with E-state index < -0.39 is 11.6 Å². The van der Waals surface area contributed by atoms with Gasteiger partial charge in [0.15, 0.2) is 11.5 Å². The molecule has 1 amide bonds. The average Bonchev–Trinajstić information content (AvgIpc) is 2.46. The molecule has 1 aromatic rings. The van der Waals surface area contributed by atoms with E-state index in [1.54, 1.807) is 6.07 Å². The van der Waals surface area contributed by atoms with Gasteiger partial charge in [-0.3, -0.25) is 4.79 Å². The van der Waals surface area contributed by atoms with Gasteiger partial charge in [0, 0.05) is 12.1 Å². The first-order valence-corrected chi connectivity index (χ1v) is 7.34. The van der Waals surface area contributed by atoms with Crippen molar-refractivity contribution in [3.05, 3.63) is 24.3 Å². The second-order valence-corrected chi connectivity index (χ2v) is 5.69. The number of aliphatic hydroxyl groups excluding tert-OH is 1. The molecular weight excluding hydrogens is 270 g/mol. The minimum atomic E-state index is -0.690. The second kappa shape index (κ2) is 6.35. The molecule has 0 radical (unpaired) electrons. The zero-order valence-electron chi connectivity index (χ0n) is 12.8. The fraction of sp³-hybridized carbons (Fsp3) is 0.562. The van der Waals surface area contributed by atoms with Crippen molar-refractivity contribution in [3.8, 4) is 11.5 Å². The largest absolute Gasteiger partial charge is 0.482 e. The third kappa shape index (κ3) is 3.47. The summed E-state index contributed by atoms with van der Waals surface area (Å²) in [5.74, 6) is 1.02. The van der Waals surface area contributed by atoms with E-state index in [4.69, 9.17) is 14.6 Å². The Morgan fingerprint density at radius 1 is 1.33 bits per heavy atom. The molecule has 0 saturated heterocycles. The van der Waals surface area contributed by atoms with Gasteiger partial charge in [-0.05, 0) is 38.8 Å². The van der Waals surface area contributed by atoms with Crippen LogP contribution in [0.2, 0.25) is 0 Å². The van der Waals surface area contributed by atoms with Gasteiger partial charge in [0.05, 0.1) is 0 Å². The van der Waals surface area contributed by atoms with Crippen molar-refractivity contribution in [1.29, 1.82) is 0 Å². The Hall–Kier alpha value is -1.75. The van der Waals surface area contributed by atoms with Crippen molar-refractivity contribution >= 4 is 5.91 Å². The Morgan fingerprint density at radius 3 is 2.52 bits per heavy atom. The van der Waals surface area contributed by atoms with Crippen LogP contribution in [0.5, 0.6) is 11.5 Å². The number of hydrogen-bond acceptors (Lipinski definition) is 4. The molecule has 5 heteroatoms. The molecule has 0 bridgehead atoms. The summed E-state index contributed by atoms with van der Waals surface area (Å²) in [7, 11) is 0. The normalized spacial score (nSPS) is 23.2. The SMILES string of the molecule is CCC(C)(CCO)NC(=O)C1Oc2ccccc2OC1C. The Kier molecular flexibility index (Phi) is 4.73. The lowest BCUT2D eigenvalue weighted by Gasteiger charge is -2.35.